The van der Waals surface area contributed by atoms with Crippen LogP contribution in [0.2, 0.25) is 0 Å². The second kappa shape index (κ2) is 6.67. The lowest BCUT2D eigenvalue weighted by Gasteiger charge is -2.26. The van der Waals surface area contributed by atoms with Gasteiger partial charge in [-0.25, -0.2) is 4.79 Å². The van der Waals surface area contributed by atoms with Crippen LogP contribution in [0.3, 0.4) is 0 Å². The molecule has 3 heterocycles. The maximum absolute atomic E-state index is 12.3. The van der Waals surface area contributed by atoms with Crippen molar-refractivity contribution in [2.24, 2.45) is 0 Å². The summed E-state index contributed by atoms with van der Waals surface area (Å²) >= 11 is 0. The fraction of sp³-hybridized carbons (Fsp3) is 0.706. The molecule has 3 rings (SSSR count). The van der Waals surface area contributed by atoms with Crippen LogP contribution in [-0.2, 0) is 23.8 Å². The highest BCUT2D eigenvalue weighted by molar-refractivity contribution is 5.83. The molecule has 0 N–H and O–H groups in total. The summed E-state index contributed by atoms with van der Waals surface area (Å²) in [7, 11) is 0. The van der Waals surface area contributed by atoms with Crippen molar-refractivity contribution in [3.8, 4) is 0 Å². The van der Waals surface area contributed by atoms with Gasteiger partial charge in [0.1, 0.15) is 31.4 Å². The number of cyclic esters (lactones) is 1. The lowest BCUT2D eigenvalue weighted by Crippen LogP contribution is -2.44. The van der Waals surface area contributed by atoms with Crippen molar-refractivity contribution in [1.82, 2.24) is 9.80 Å². The van der Waals surface area contributed by atoms with Gasteiger partial charge in [-0.1, -0.05) is 6.08 Å². The summed E-state index contributed by atoms with van der Waals surface area (Å²) in [6, 6.07) is -0.0372. The van der Waals surface area contributed by atoms with Crippen LogP contribution in [0.25, 0.3) is 0 Å². The summed E-state index contributed by atoms with van der Waals surface area (Å²) in [6.45, 7) is 6.21. The summed E-state index contributed by atoms with van der Waals surface area (Å²) in [5.74, 6) is -1.12. The molecule has 3 aliphatic heterocycles. The zero-order valence-corrected chi connectivity index (χ0v) is 14.8. The summed E-state index contributed by atoms with van der Waals surface area (Å²) in [6.07, 6.45) is 1.72. The van der Waals surface area contributed by atoms with Gasteiger partial charge in [-0.2, -0.15) is 0 Å². The normalized spacial score (nSPS) is 27.8. The SMILES string of the molecule is CC(C)(C)OC(=O)N1CC(=O)OCC2=CCN3CC[C@@H](OC(=O)C1)[C@@H]23. The zero-order valence-electron chi connectivity index (χ0n) is 14.8. The minimum atomic E-state index is -0.742. The molecular weight excluding hydrogens is 328 g/mol. The Bertz CT molecular complexity index is 609. The van der Waals surface area contributed by atoms with Crippen LogP contribution < -0.4 is 0 Å². The number of carbonyl (C=O) groups excluding carboxylic acids is 3. The minimum Gasteiger partial charge on any atom is -0.460 e. The molecule has 0 aliphatic carbocycles. The number of esters is 2. The van der Waals surface area contributed by atoms with Crippen LogP contribution in [-0.4, -0.2) is 78.4 Å². The molecule has 0 spiro atoms. The first-order valence-corrected chi connectivity index (χ1v) is 8.49. The van der Waals surface area contributed by atoms with Crippen molar-refractivity contribution in [2.75, 3.05) is 32.8 Å². The summed E-state index contributed by atoms with van der Waals surface area (Å²) in [4.78, 5) is 39.9. The Morgan fingerprint density at radius 2 is 1.96 bits per heavy atom. The van der Waals surface area contributed by atoms with Crippen molar-refractivity contribution < 1.29 is 28.6 Å². The number of hydrogen-bond donors (Lipinski definition) is 0. The molecule has 25 heavy (non-hydrogen) atoms. The van der Waals surface area contributed by atoms with Gasteiger partial charge >= 0.3 is 18.0 Å². The van der Waals surface area contributed by atoms with E-state index < -0.39 is 23.6 Å². The predicted octanol–water partition coefficient (Wildman–Crippen LogP) is 0.706. The van der Waals surface area contributed by atoms with E-state index in [1.807, 2.05) is 6.08 Å². The Morgan fingerprint density at radius 1 is 1.24 bits per heavy atom. The molecule has 1 amide bonds. The van der Waals surface area contributed by atoms with Gasteiger partial charge in [0, 0.05) is 13.1 Å². The summed E-state index contributed by atoms with van der Waals surface area (Å²) in [5.41, 5.74) is 0.222. The molecule has 2 saturated heterocycles. The monoisotopic (exact) mass is 352 g/mol. The largest absolute Gasteiger partial charge is 0.460 e. The van der Waals surface area contributed by atoms with Gasteiger partial charge in [0.15, 0.2) is 0 Å². The number of amides is 1. The molecule has 0 radical (unpaired) electrons. The second-order valence-electron chi connectivity index (χ2n) is 7.53. The van der Waals surface area contributed by atoms with Crippen LogP contribution in [0.1, 0.15) is 27.2 Å². The van der Waals surface area contributed by atoms with E-state index in [0.717, 1.165) is 30.0 Å². The first-order chi connectivity index (χ1) is 11.7. The van der Waals surface area contributed by atoms with Gasteiger partial charge in [0.25, 0.3) is 0 Å². The number of hydrogen-bond acceptors (Lipinski definition) is 7. The molecule has 2 atom stereocenters. The maximum atomic E-state index is 12.3. The van der Waals surface area contributed by atoms with E-state index in [0.29, 0.717) is 0 Å². The third kappa shape index (κ3) is 4.12. The lowest BCUT2D eigenvalue weighted by atomic mass is 10.1. The Morgan fingerprint density at radius 3 is 2.68 bits per heavy atom. The highest BCUT2D eigenvalue weighted by Crippen LogP contribution is 2.31. The third-order valence-corrected chi connectivity index (χ3v) is 4.39. The van der Waals surface area contributed by atoms with E-state index in [2.05, 4.69) is 4.90 Å². The van der Waals surface area contributed by atoms with Gasteiger partial charge < -0.3 is 14.2 Å². The van der Waals surface area contributed by atoms with Gasteiger partial charge in [0.2, 0.25) is 0 Å². The van der Waals surface area contributed by atoms with Crippen LogP contribution >= 0.6 is 0 Å². The average molecular weight is 352 g/mol. The second-order valence-corrected chi connectivity index (χ2v) is 7.53. The van der Waals surface area contributed by atoms with Gasteiger partial charge in [0.05, 0.1) is 6.04 Å². The fourth-order valence-electron chi connectivity index (χ4n) is 3.36. The van der Waals surface area contributed by atoms with Crippen molar-refractivity contribution in [3.05, 3.63) is 11.6 Å². The fourth-order valence-corrected chi connectivity index (χ4v) is 3.36. The van der Waals surface area contributed by atoms with E-state index in [9.17, 15) is 14.4 Å². The first-order valence-electron chi connectivity index (χ1n) is 8.49. The molecule has 0 aromatic carbocycles. The zero-order chi connectivity index (χ0) is 18.2. The molecule has 8 heteroatoms. The number of nitrogens with zero attached hydrogens (tertiary/aromatic N) is 2. The van der Waals surface area contributed by atoms with E-state index in [4.69, 9.17) is 14.2 Å². The summed E-state index contributed by atoms with van der Waals surface area (Å²) in [5, 5.41) is 0. The molecule has 0 saturated carbocycles. The molecule has 0 unspecified atom stereocenters. The van der Waals surface area contributed by atoms with Crippen LogP contribution in [0.4, 0.5) is 4.79 Å². The molecule has 3 aliphatic rings. The molecule has 2 fully saturated rings. The molecule has 0 aromatic rings. The highest BCUT2D eigenvalue weighted by Gasteiger charge is 2.42. The molecule has 0 aromatic heterocycles. The number of carbonyl (C=O) groups is 3. The highest BCUT2D eigenvalue weighted by atomic mass is 16.6. The minimum absolute atomic E-state index is 0.0372. The van der Waals surface area contributed by atoms with Gasteiger partial charge in [-0.15, -0.1) is 0 Å². The molecule has 8 nitrogen and oxygen atoms in total. The molecule has 138 valence electrons. The number of rotatable bonds is 0. The van der Waals surface area contributed by atoms with E-state index in [1.54, 1.807) is 20.8 Å². The maximum Gasteiger partial charge on any atom is 0.411 e. The summed E-state index contributed by atoms with van der Waals surface area (Å²) < 4.78 is 16.2. The van der Waals surface area contributed by atoms with Crippen LogP contribution in [0, 0.1) is 0 Å². The third-order valence-electron chi connectivity index (χ3n) is 4.39. The standard InChI is InChI=1S/C17H24N2O6/c1-17(2,3)25-16(22)19-8-13(20)23-10-11-4-6-18-7-5-12(15(11)18)24-14(21)9-19/h4,12,15H,5-10H2,1-3H3/t12-,15-/m1/s1. The number of ether oxygens (including phenoxy) is 3. The van der Waals surface area contributed by atoms with Crippen molar-refractivity contribution in [2.45, 2.75) is 44.9 Å². The predicted molar refractivity (Wildman–Crippen MR) is 86.7 cm³/mol. The van der Waals surface area contributed by atoms with Crippen LogP contribution in [0.15, 0.2) is 11.6 Å². The Balaban J connectivity index is 1.76. The van der Waals surface area contributed by atoms with Gasteiger partial charge in [-0.05, 0) is 32.8 Å². The van der Waals surface area contributed by atoms with E-state index in [1.165, 1.54) is 0 Å². The van der Waals surface area contributed by atoms with Crippen molar-refractivity contribution >= 4 is 18.0 Å². The molecular formula is C17H24N2O6. The van der Waals surface area contributed by atoms with Gasteiger partial charge in [-0.3, -0.25) is 19.4 Å². The Kier molecular flexibility index (Phi) is 4.73. The average Bonchev–Trinajstić information content (AvgIpc) is 3.05. The van der Waals surface area contributed by atoms with E-state index >= 15 is 0 Å². The Labute approximate surface area is 146 Å². The quantitative estimate of drug-likeness (QED) is 0.360. The molecule has 0 bridgehead atoms. The topological polar surface area (TPSA) is 85.4 Å². The van der Waals surface area contributed by atoms with Crippen molar-refractivity contribution in [3.63, 3.8) is 0 Å². The first kappa shape index (κ1) is 17.7. The lowest BCUT2D eigenvalue weighted by molar-refractivity contribution is -0.151. The Hall–Kier alpha value is -2.09. The van der Waals surface area contributed by atoms with Crippen molar-refractivity contribution in [1.29, 1.82) is 0 Å². The smallest absolute Gasteiger partial charge is 0.411 e. The van der Waals surface area contributed by atoms with Crippen LogP contribution in [0.5, 0.6) is 0 Å². The van der Waals surface area contributed by atoms with E-state index in [-0.39, 0.29) is 31.8 Å².